The lowest BCUT2D eigenvalue weighted by atomic mass is 10.0. The lowest BCUT2D eigenvalue weighted by molar-refractivity contribution is 0.0635. The van der Waals surface area contributed by atoms with Crippen molar-refractivity contribution in [3.8, 4) is 11.8 Å². The van der Waals surface area contributed by atoms with Gasteiger partial charge in [0.2, 0.25) is 0 Å². The Hall–Kier alpha value is -1.79. The highest BCUT2D eigenvalue weighted by Gasteiger charge is 2.24. The average molecular weight is 271 g/mol. The zero-order chi connectivity index (χ0) is 14.5. The summed E-state index contributed by atoms with van der Waals surface area (Å²) < 4.78 is 0. The second-order valence-corrected chi connectivity index (χ2v) is 5.39. The Balaban J connectivity index is 2.27. The van der Waals surface area contributed by atoms with Crippen molar-refractivity contribution in [1.82, 2.24) is 4.90 Å². The van der Waals surface area contributed by atoms with Crippen molar-refractivity contribution in [2.75, 3.05) is 13.2 Å². The minimum absolute atomic E-state index is 0.0907. The molecule has 0 saturated carbocycles. The van der Waals surface area contributed by atoms with E-state index in [1.54, 1.807) is 0 Å². The number of piperidine rings is 1. The number of hydrogen-bond acceptors (Lipinski definition) is 2. The van der Waals surface area contributed by atoms with Gasteiger partial charge in [0, 0.05) is 23.7 Å². The zero-order valence-electron chi connectivity index (χ0n) is 12.1. The van der Waals surface area contributed by atoms with Crippen molar-refractivity contribution in [1.29, 1.82) is 0 Å². The average Bonchev–Trinajstić information content (AvgIpc) is 2.44. The van der Waals surface area contributed by atoms with Gasteiger partial charge in [-0.1, -0.05) is 11.8 Å². The van der Waals surface area contributed by atoms with E-state index in [0.29, 0.717) is 11.6 Å². The standard InChI is InChI=1S/C17H21NO2/c1-13-10-15(7-5-9-19)12-16(11-13)17(20)18-8-4-3-6-14(18)2/h10-12,14,19H,3-4,6,8-9H2,1-2H3. The molecule has 1 aromatic rings. The lowest BCUT2D eigenvalue weighted by Crippen LogP contribution is -2.42. The Bertz CT molecular complexity index is 554. The van der Waals surface area contributed by atoms with E-state index in [-0.39, 0.29) is 12.5 Å². The van der Waals surface area contributed by atoms with E-state index >= 15 is 0 Å². The summed E-state index contributed by atoms with van der Waals surface area (Å²) in [4.78, 5) is 14.6. The largest absolute Gasteiger partial charge is 0.384 e. The summed E-state index contributed by atoms with van der Waals surface area (Å²) in [6.45, 7) is 4.74. The van der Waals surface area contributed by atoms with Crippen LogP contribution in [0.15, 0.2) is 18.2 Å². The zero-order valence-corrected chi connectivity index (χ0v) is 12.1. The van der Waals surface area contributed by atoms with Gasteiger partial charge in [0.25, 0.3) is 5.91 Å². The Kier molecular flexibility index (Phi) is 4.81. The molecule has 0 aromatic heterocycles. The van der Waals surface area contributed by atoms with E-state index in [4.69, 9.17) is 5.11 Å². The Labute approximate surface area is 120 Å². The number of aliphatic hydroxyl groups excluding tert-OH is 1. The summed E-state index contributed by atoms with van der Waals surface area (Å²) >= 11 is 0. The van der Waals surface area contributed by atoms with Crippen LogP contribution >= 0.6 is 0 Å². The maximum Gasteiger partial charge on any atom is 0.254 e. The summed E-state index contributed by atoms with van der Waals surface area (Å²) in [5.41, 5.74) is 2.50. The molecule has 0 bridgehead atoms. The third-order valence-corrected chi connectivity index (χ3v) is 3.70. The van der Waals surface area contributed by atoms with Crippen molar-refractivity contribution in [3.05, 3.63) is 34.9 Å². The minimum Gasteiger partial charge on any atom is -0.384 e. The molecule has 0 aliphatic carbocycles. The van der Waals surface area contributed by atoms with Crippen molar-refractivity contribution >= 4 is 5.91 Å². The second kappa shape index (κ2) is 6.58. The van der Waals surface area contributed by atoms with Gasteiger partial charge in [-0.15, -0.1) is 0 Å². The van der Waals surface area contributed by atoms with Gasteiger partial charge in [-0.3, -0.25) is 4.79 Å². The first-order chi connectivity index (χ1) is 9.61. The molecule has 3 nitrogen and oxygen atoms in total. The monoisotopic (exact) mass is 271 g/mol. The van der Waals surface area contributed by atoms with Crippen LogP contribution in [0.4, 0.5) is 0 Å². The molecule has 1 saturated heterocycles. The van der Waals surface area contributed by atoms with Crippen LogP contribution in [0.25, 0.3) is 0 Å². The Morgan fingerprint density at radius 1 is 1.40 bits per heavy atom. The van der Waals surface area contributed by atoms with Crippen molar-refractivity contribution in [2.45, 2.75) is 39.2 Å². The highest BCUT2D eigenvalue weighted by Crippen LogP contribution is 2.20. The number of likely N-dealkylation sites (tertiary alicyclic amines) is 1. The number of carbonyl (C=O) groups is 1. The molecule has 2 rings (SSSR count). The molecular weight excluding hydrogens is 250 g/mol. The van der Waals surface area contributed by atoms with Gasteiger partial charge in [0.05, 0.1) is 0 Å². The predicted molar refractivity (Wildman–Crippen MR) is 79.5 cm³/mol. The van der Waals surface area contributed by atoms with Gasteiger partial charge in [-0.2, -0.15) is 0 Å². The molecule has 1 fully saturated rings. The molecule has 1 aromatic carbocycles. The number of rotatable bonds is 1. The summed E-state index contributed by atoms with van der Waals surface area (Å²) in [6, 6.07) is 5.97. The number of carbonyl (C=O) groups excluding carboxylic acids is 1. The molecule has 20 heavy (non-hydrogen) atoms. The molecule has 1 N–H and O–H groups in total. The fourth-order valence-corrected chi connectivity index (χ4v) is 2.69. The maximum absolute atomic E-state index is 12.6. The molecule has 1 amide bonds. The third-order valence-electron chi connectivity index (χ3n) is 3.70. The molecule has 1 atom stereocenters. The topological polar surface area (TPSA) is 40.5 Å². The number of aliphatic hydroxyl groups is 1. The number of hydrogen-bond donors (Lipinski definition) is 1. The fraction of sp³-hybridized carbons (Fsp3) is 0.471. The van der Waals surface area contributed by atoms with Crippen LogP contribution < -0.4 is 0 Å². The first-order valence-electron chi connectivity index (χ1n) is 7.14. The van der Waals surface area contributed by atoms with Gasteiger partial charge >= 0.3 is 0 Å². The van der Waals surface area contributed by atoms with E-state index < -0.39 is 0 Å². The molecule has 1 heterocycles. The molecule has 106 valence electrons. The van der Waals surface area contributed by atoms with Crippen LogP contribution in [0, 0.1) is 18.8 Å². The minimum atomic E-state index is -0.166. The summed E-state index contributed by atoms with van der Waals surface area (Å²) in [5, 5.41) is 8.77. The SMILES string of the molecule is Cc1cc(C#CCO)cc(C(=O)N2CCCCC2C)c1. The van der Waals surface area contributed by atoms with E-state index in [9.17, 15) is 4.79 Å². The van der Waals surface area contributed by atoms with E-state index in [1.165, 1.54) is 6.42 Å². The second-order valence-electron chi connectivity index (χ2n) is 5.39. The third kappa shape index (κ3) is 3.40. The van der Waals surface area contributed by atoms with E-state index in [2.05, 4.69) is 18.8 Å². The van der Waals surface area contributed by atoms with Gasteiger partial charge in [0.1, 0.15) is 6.61 Å². The summed E-state index contributed by atoms with van der Waals surface area (Å²) in [7, 11) is 0. The maximum atomic E-state index is 12.6. The molecule has 1 aliphatic heterocycles. The smallest absolute Gasteiger partial charge is 0.254 e. The quantitative estimate of drug-likeness (QED) is 0.797. The van der Waals surface area contributed by atoms with Crippen LogP contribution in [0.1, 0.15) is 47.7 Å². The number of nitrogens with zero attached hydrogens (tertiary/aromatic N) is 1. The highest BCUT2D eigenvalue weighted by atomic mass is 16.2. The van der Waals surface area contributed by atoms with E-state index in [0.717, 1.165) is 30.5 Å². The van der Waals surface area contributed by atoms with Gasteiger partial charge < -0.3 is 10.0 Å². The molecule has 1 unspecified atom stereocenters. The lowest BCUT2D eigenvalue weighted by Gasteiger charge is -2.33. The normalized spacial score (nSPS) is 18.4. The van der Waals surface area contributed by atoms with Gasteiger partial charge in [-0.25, -0.2) is 0 Å². The summed E-state index contributed by atoms with van der Waals surface area (Å²) in [6.07, 6.45) is 3.36. The molecule has 3 heteroatoms. The summed E-state index contributed by atoms with van der Waals surface area (Å²) in [5.74, 6) is 5.59. The molecule has 0 spiro atoms. The fourth-order valence-electron chi connectivity index (χ4n) is 2.69. The molecule has 0 radical (unpaired) electrons. The molecule has 1 aliphatic rings. The highest BCUT2D eigenvalue weighted by molar-refractivity contribution is 5.95. The Morgan fingerprint density at radius 3 is 2.90 bits per heavy atom. The van der Waals surface area contributed by atoms with Crippen LogP contribution in [0.5, 0.6) is 0 Å². The number of amides is 1. The number of benzene rings is 1. The first-order valence-corrected chi connectivity index (χ1v) is 7.14. The van der Waals surface area contributed by atoms with Crippen LogP contribution in [0.2, 0.25) is 0 Å². The number of aryl methyl sites for hydroxylation is 1. The van der Waals surface area contributed by atoms with Crippen molar-refractivity contribution in [3.63, 3.8) is 0 Å². The van der Waals surface area contributed by atoms with Crippen LogP contribution in [-0.4, -0.2) is 35.1 Å². The van der Waals surface area contributed by atoms with Crippen LogP contribution in [-0.2, 0) is 0 Å². The van der Waals surface area contributed by atoms with Gasteiger partial charge in [-0.05, 0) is 56.9 Å². The van der Waals surface area contributed by atoms with Crippen molar-refractivity contribution < 1.29 is 9.90 Å². The van der Waals surface area contributed by atoms with Gasteiger partial charge in [0.15, 0.2) is 0 Å². The van der Waals surface area contributed by atoms with E-state index in [1.807, 2.05) is 30.0 Å². The van der Waals surface area contributed by atoms with Crippen molar-refractivity contribution in [2.24, 2.45) is 0 Å². The predicted octanol–water partition coefficient (Wildman–Crippen LogP) is 2.35. The first kappa shape index (κ1) is 14.6. The Morgan fingerprint density at radius 2 is 2.20 bits per heavy atom. The molecular formula is C17H21NO2. The van der Waals surface area contributed by atoms with Crippen LogP contribution in [0.3, 0.4) is 0 Å².